The van der Waals surface area contributed by atoms with Crippen LogP contribution in [0.5, 0.6) is 0 Å². The van der Waals surface area contributed by atoms with Crippen molar-refractivity contribution in [3.8, 4) is 0 Å². The summed E-state index contributed by atoms with van der Waals surface area (Å²) in [6.45, 7) is 1.26. The average molecular weight is 171 g/mol. The molecular weight excluding hydrogens is 154 g/mol. The molecule has 1 aliphatic carbocycles. The Morgan fingerprint density at radius 3 is 2.73 bits per heavy atom. The Balaban J connectivity index is 1.59. The lowest BCUT2D eigenvalue weighted by Gasteiger charge is -2.22. The molecule has 0 aromatic heterocycles. The molecule has 1 atom stereocenters. The second-order valence-corrected chi connectivity index (χ2v) is 5.01. The summed E-state index contributed by atoms with van der Waals surface area (Å²) in [5, 5.41) is 4.62. The van der Waals surface area contributed by atoms with Crippen molar-refractivity contribution in [2.24, 2.45) is 0 Å². The van der Waals surface area contributed by atoms with E-state index in [4.69, 9.17) is 0 Å². The zero-order chi connectivity index (χ0) is 7.52. The fourth-order valence-corrected chi connectivity index (χ4v) is 2.81. The van der Waals surface area contributed by atoms with Crippen molar-refractivity contribution >= 4 is 11.8 Å². The molecule has 2 rings (SSSR count). The lowest BCUT2D eigenvalue weighted by molar-refractivity contribution is 0.430. The molecule has 0 aromatic rings. The Morgan fingerprint density at radius 1 is 1.18 bits per heavy atom. The van der Waals surface area contributed by atoms with Gasteiger partial charge in [0.2, 0.25) is 0 Å². The molecule has 0 amide bonds. The largest absolute Gasteiger partial charge is 0.313 e. The van der Waals surface area contributed by atoms with Crippen LogP contribution >= 0.6 is 11.8 Å². The molecule has 0 spiro atoms. The molecule has 1 unspecified atom stereocenters. The average Bonchev–Trinajstić information content (AvgIpc) is 2.86. The van der Waals surface area contributed by atoms with Gasteiger partial charge in [-0.05, 0) is 32.2 Å². The molecule has 2 aliphatic rings. The smallest absolute Gasteiger partial charge is 0.0158 e. The molecule has 2 fully saturated rings. The standard InChI is InChI=1S/C9H17NS/c1-2-6-10-8(3-1)7-11-9-4-5-9/h8-10H,1-7H2. The summed E-state index contributed by atoms with van der Waals surface area (Å²) in [5.41, 5.74) is 0. The molecule has 1 saturated carbocycles. The number of piperidine rings is 1. The second-order valence-electron chi connectivity index (χ2n) is 3.68. The van der Waals surface area contributed by atoms with E-state index >= 15 is 0 Å². The fraction of sp³-hybridized carbons (Fsp3) is 1.00. The fourth-order valence-electron chi connectivity index (χ4n) is 1.55. The van der Waals surface area contributed by atoms with Crippen LogP contribution in [-0.4, -0.2) is 23.6 Å². The Hall–Kier alpha value is 0.310. The molecule has 0 aromatic carbocycles. The van der Waals surface area contributed by atoms with Crippen molar-refractivity contribution in [2.45, 2.75) is 43.4 Å². The van der Waals surface area contributed by atoms with Crippen LogP contribution in [0.3, 0.4) is 0 Å². The summed E-state index contributed by atoms with van der Waals surface area (Å²) < 4.78 is 0. The molecule has 64 valence electrons. The van der Waals surface area contributed by atoms with E-state index in [0.29, 0.717) is 0 Å². The van der Waals surface area contributed by atoms with E-state index in [1.54, 1.807) is 0 Å². The molecule has 1 saturated heterocycles. The van der Waals surface area contributed by atoms with E-state index in [0.717, 1.165) is 11.3 Å². The van der Waals surface area contributed by atoms with Gasteiger partial charge in [0.1, 0.15) is 0 Å². The number of nitrogens with one attached hydrogen (secondary N) is 1. The van der Waals surface area contributed by atoms with Gasteiger partial charge in [-0.25, -0.2) is 0 Å². The van der Waals surface area contributed by atoms with Gasteiger partial charge in [0.05, 0.1) is 0 Å². The van der Waals surface area contributed by atoms with Crippen LogP contribution in [0.15, 0.2) is 0 Å². The zero-order valence-electron chi connectivity index (χ0n) is 7.01. The van der Waals surface area contributed by atoms with Gasteiger partial charge in [-0.1, -0.05) is 6.42 Å². The van der Waals surface area contributed by atoms with Crippen LogP contribution in [0.1, 0.15) is 32.1 Å². The summed E-state index contributed by atoms with van der Waals surface area (Å²) in [5.74, 6) is 1.37. The molecule has 11 heavy (non-hydrogen) atoms. The number of hydrogen-bond donors (Lipinski definition) is 1. The van der Waals surface area contributed by atoms with Crippen LogP contribution in [-0.2, 0) is 0 Å². The first-order valence-electron chi connectivity index (χ1n) is 4.80. The lowest BCUT2D eigenvalue weighted by atomic mass is 10.1. The Kier molecular flexibility index (Phi) is 2.75. The maximum absolute atomic E-state index is 3.58. The van der Waals surface area contributed by atoms with Gasteiger partial charge >= 0.3 is 0 Å². The van der Waals surface area contributed by atoms with E-state index in [1.807, 2.05) is 0 Å². The minimum Gasteiger partial charge on any atom is -0.313 e. The minimum atomic E-state index is 0.842. The highest BCUT2D eigenvalue weighted by Gasteiger charge is 2.23. The SMILES string of the molecule is C1CCC(CSC2CC2)NC1. The quantitative estimate of drug-likeness (QED) is 0.697. The molecular formula is C9H17NS. The van der Waals surface area contributed by atoms with Crippen LogP contribution in [0.2, 0.25) is 0 Å². The van der Waals surface area contributed by atoms with Crippen molar-refractivity contribution in [1.29, 1.82) is 0 Å². The maximum Gasteiger partial charge on any atom is 0.0158 e. The number of hydrogen-bond acceptors (Lipinski definition) is 2. The third kappa shape index (κ3) is 2.68. The first-order valence-corrected chi connectivity index (χ1v) is 5.85. The molecule has 1 N–H and O–H groups in total. The molecule has 0 radical (unpaired) electrons. The van der Waals surface area contributed by atoms with Crippen LogP contribution in [0.25, 0.3) is 0 Å². The van der Waals surface area contributed by atoms with Crippen molar-refractivity contribution in [2.75, 3.05) is 12.3 Å². The predicted molar refractivity (Wildman–Crippen MR) is 51.1 cm³/mol. The molecule has 1 nitrogen and oxygen atoms in total. The van der Waals surface area contributed by atoms with Crippen molar-refractivity contribution < 1.29 is 0 Å². The van der Waals surface area contributed by atoms with Crippen molar-refractivity contribution in [1.82, 2.24) is 5.32 Å². The molecule has 0 bridgehead atoms. The highest BCUT2D eigenvalue weighted by atomic mass is 32.2. The van der Waals surface area contributed by atoms with Crippen LogP contribution in [0, 0.1) is 0 Å². The third-order valence-corrected chi connectivity index (χ3v) is 4.01. The summed E-state index contributed by atoms with van der Waals surface area (Å²) in [6, 6.07) is 0.842. The van der Waals surface area contributed by atoms with Gasteiger partial charge in [0.25, 0.3) is 0 Å². The molecule has 1 heterocycles. The molecule has 1 aliphatic heterocycles. The van der Waals surface area contributed by atoms with Crippen LogP contribution < -0.4 is 5.32 Å². The van der Waals surface area contributed by atoms with E-state index in [-0.39, 0.29) is 0 Å². The first kappa shape index (κ1) is 7.93. The molecule has 2 heteroatoms. The van der Waals surface area contributed by atoms with Gasteiger partial charge in [0.15, 0.2) is 0 Å². The maximum atomic E-state index is 3.58. The predicted octanol–water partition coefficient (Wildman–Crippen LogP) is 2.02. The summed E-state index contributed by atoms with van der Waals surface area (Å²) in [7, 11) is 0. The van der Waals surface area contributed by atoms with Crippen molar-refractivity contribution in [3.63, 3.8) is 0 Å². The van der Waals surface area contributed by atoms with Gasteiger partial charge < -0.3 is 5.32 Å². The summed E-state index contributed by atoms with van der Waals surface area (Å²) in [6.07, 6.45) is 7.22. The minimum absolute atomic E-state index is 0.842. The highest BCUT2D eigenvalue weighted by molar-refractivity contribution is 8.00. The topological polar surface area (TPSA) is 12.0 Å². The van der Waals surface area contributed by atoms with Gasteiger partial charge in [-0.15, -0.1) is 0 Å². The first-order chi connectivity index (χ1) is 5.45. The zero-order valence-corrected chi connectivity index (χ0v) is 7.83. The Labute approximate surface area is 73.3 Å². The summed E-state index contributed by atoms with van der Waals surface area (Å²) in [4.78, 5) is 0. The highest BCUT2D eigenvalue weighted by Crippen LogP contribution is 2.34. The van der Waals surface area contributed by atoms with E-state index in [9.17, 15) is 0 Å². The van der Waals surface area contributed by atoms with E-state index < -0.39 is 0 Å². The second kappa shape index (κ2) is 3.81. The summed E-state index contributed by atoms with van der Waals surface area (Å²) >= 11 is 2.19. The monoisotopic (exact) mass is 171 g/mol. The third-order valence-electron chi connectivity index (χ3n) is 2.47. The van der Waals surface area contributed by atoms with Crippen molar-refractivity contribution in [3.05, 3.63) is 0 Å². The number of rotatable bonds is 3. The van der Waals surface area contributed by atoms with E-state index in [1.165, 1.54) is 44.4 Å². The lowest BCUT2D eigenvalue weighted by Crippen LogP contribution is -2.35. The van der Waals surface area contributed by atoms with Gasteiger partial charge in [-0.2, -0.15) is 11.8 Å². The van der Waals surface area contributed by atoms with E-state index in [2.05, 4.69) is 17.1 Å². The Bertz CT molecular complexity index is 117. The van der Waals surface area contributed by atoms with Gasteiger partial charge in [0, 0.05) is 17.0 Å². The van der Waals surface area contributed by atoms with Gasteiger partial charge in [-0.3, -0.25) is 0 Å². The number of thioether (sulfide) groups is 1. The normalized spacial score (nSPS) is 32.2. The van der Waals surface area contributed by atoms with Crippen LogP contribution in [0.4, 0.5) is 0 Å². The Morgan fingerprint density at radius 2 is 2.09 bits per heavy atom.